The Bertz CT molecular complexity index is 1190. The first-order valence-corrected chi connectivity index (χ1v) is 9.21. The predicted octanol–water partition coefficient (Wildman–Crippen LogP) is 4.83. The minimum absolute atomic E-state index is 0.0802. The molecule has 0 atom stereocenters. The number of thiazole rings is 1. The SMILES string of the molecule is Cc1ccc(C(=O)Nc2cccc(-c3nc4cccnc4s3)c2)cc1[N+](=O)[O-]. The van der Waals surface area contributed by atoms with Crippen LogP contribution in [0.2, 0.25) is 0 Å². The molecule has 0 spiro atoms. The van der Waals surface area contributed by atoms with Crippen LogP contribution in [0.25, 0.3) is 20.9 Å². The lowest BCUT2D eigenvalue weighted by molar-refractivity contribution is -0.385. The number of nitrogens with zero attached hydrogens (tertiary/aromatic N) is 3. The molecule has 4 rings (SSSR count). The number of hydrogen-bond donors (Lipinski definition) is 1. The molecular weight excluding hydrogens is 376 g/mol. The summed E-state index contributed by atoms with van der Waals surface area (Å²) in [4.78, 5) is 32.8. The van der Waals surface area contributed by atoms with Crippen LogP contribution >= 0.6 is 11.3 Å². The molecule has 0 unspecified atom stereocenters. The molecule has 2 aromatic heterocycles. The maximum absolute atomic E-state index is 12.5. The number of pyridine rings is 1. The highest BCUT2D eigenvalue weighted by atomic mass is 32.1. The van der Waals surface area contributed by atoms with E-state index in [2.05, 4.69) is 15.3 Å². The van der Waals surface area contributed by atoms with Crippen LogP contribution in [0.4, 0.5) is 11.4 Å². The molecule has 8 heteroatoms. The van der Waals surface area contributed by atoms with Crippen molar-refractivity contribution >= 4 is 39.0 Å². The number of carbonyl (C=O) groups excluding carboxylic acids is 1. The molecule has 1 N–H and O–H groups in total. The fourth-order valence-corrected chi connectivity index (χ4v) is 3.68. The molecule has 0 saturated heterocycles. The van der Waals surface area contributed by atoms with E-state index in [0.29, 0.717) is 11.3 Å². The molecular formula is C20H14N4O3S. The number of hydrogen-bond acceptors (Lipinski definition) is 6. The van der Waals surface area contributed by atoms with Crippen LogP contribution in [0, 0.1) is 17.0 Å². The Balaban J connectivity index is 1.60. The van der Waals surface area contributed by atoms with Gasteiger partial charge in [-0.3, -0.25) is 14.9 Å². The third-order valence-electron chi connectivity index (χ3n) is 4.20. The molecule has 138 valence electrons. The summed E-state index contributed by atoms with van der Waals surface area (Å²) in [5, 5.41) is 14.7. The van der Waals surface area contributed by atoms with Crippen LogP contribution in [0.5, 0.6) is 0 Å². The van der Waals surface area contributed by atoms with Crippen molar-refractivity contribution in [1.29, 1.82) is 0 Å². The molecule has 1 amide bonds. The highest BCUT2D eigenvalue weighted by Crippen LogP contribution is 2.30. The van der Waals surface area contributed by atoms with E-state index in [-0.39, 0.29) is 11.3 Å². The monoisotopic (exact) mass is 390 g/mol. The van der Waals surface area contributed by atoms with Gasteiger partial charge in [-0.2, -0.15) is 0 Å². The summed E-state index contributed by atoms with van der Waals surface area (Å²) in [6.07, 6.45) is 1.72. The molecule has 2 aromatic carbocycles. The summed E-state index contributed by atoms with van der Waals surface area (Å²) in [6.45, 7) is 1.64. The number of nitrogens with one attached hydrogen (secondary N) is 1. The number of carbonyl (C=O) groups is 1. The van der Waals surface area contributed by atoms with Crippen LogP contribution in [0.15, 0.2) is 60.8 Å². The van der Waals surface area contributed by atoms with Crippen molar-refractivity contribution in [1.82, 2.24) is 9.97 Å². The van der Waals surface area contributed by atoms with E-state index in [1.54, 1.807) is 31.3 Å². The standard InChI is InChI=1S/C20H14N4O3S/c1-12-7-8-13(11-17(12)24(26)27)18(25)22-15-5-2-4-14(10-15)19-23-16-6-3-9-21-20(16)28-19/h2-11H,1H3,(H,22,25). The van der Waals surface area contributed by atoms with Crippen LogP contribution in [-0.2, 0) is 0 Å². The zero-order chi connectivity index (χ0) is 19.7. The summed E-state index contributed by atoms with van der Waals surface area (Å²) < 4.78 is 0. The fraction of sp³-hybridized carbons (Fsp3) is 0.0500. The zero-order valence-electron chi connectivity index (χ0n) is 14.7. The molecule has 0 aliphatic rings. The van der Waals surface area contributed by atoms with Gasteiger partial charge < -0.3 is 5.32 Å². The number of rotatable bonds is 4. The molecule has 0 fully saturated rings. The number of nitro benzene ring substituents is 1. The molecule has 2 heterocycles. The van der Waals surface area contributed by atoms with E-state index >= 15 is 0 Å². The van der Waals surface area contributed by atoms with E-state index in [0.717, 1.165) is 20.9 Å². The predicted molar refractivity (Wildman–Crippen MR) is 109 cm³/mol. The molecule has 0 bridgehead atoms. The molecule has 4 aromatic rings. The number of aromatic nitrogens is 2. The third-order valence-corrected chi connectivity index (χ3v) is 5.23. The zero-order valence-corrected chi connectivity index (χ0v) is 15.6. The largest absolute Gasteiger partial charge is 0.322 e. The van der Waals surface area contributed by atoms with Crippen LogP contribution < -0.4 is 5.32 Å². The lowest BCUT2D eigenvalue weighted by Gasteiger charge is -2.07. The number of fused-ring (bicyclic) bond motifs is 1. The summed E-state index contributed by atoms with van der Waals surface area (Å²) in [7, 11) is 0. The minimum Gasteiger partial charge on any atom is -0.322 e. The maximum atomic E-state index is 12.5. The Hall–Kier alpha value is -3.65. The van der Waals surface area contributed by atoms with Gasteiger partial charge in [-0.1, -0.05) is 29.5 Å². The molecule has 0 saturated carbocycles. The van der Waals surface area contributed by atoms with Gasteiger partial charge in [0.15, 0.2) is 0 Å². The van der Waals surface area contributed by atoms with Crippen molar-refractivity contribution in [2.24, 2.45) is 0 Å². The molecule has 0 aliphatic heterocycles. The van der Waals surface area contributed by atoms with Gasteiger partial charge in [-0.05, 0) is 37.3 Å². The van der Waals surface area contributed by atoms with Gasteiger partial charge in [-0.25, -0.2) is 9.97 Å². The van der Waals surface area contributed by atoms with E-state index in [1.165, 1.54) is 17.4 Å². The second-order valence-electron chi connectivity index (χ2n) is 6.14. The van der Waals surface area contributed by atoms with Crippen molar-refractivity contribution in [3.05, 3.63) is 82.0 Å². The average molecular weight is 390 g/mol. The van der Waals surface area contributed by atoms with Gasteiger partial charge in [0.25, 0.3) is 11.6 Å². The highest BCUT2D eigenvalue weighted by molar-refractivity contribution is 7.21. The van der Waals surface area contributed by atoms with Crippen molar-refractivity contribution in [3.8, 4) is 10.6 Å². The van der Waals surface area contributed by atoms with Crippen LogP contribution in [0.1, 0.15) is 15.9 Å². The molecule has 7 nitrogen and oxygen atoms in total. The number of nitro groups is 1. The third kappa shape index (κ3) is 3.45. The molecule has 0 radical (unpaired) electrons. The number of aryl methyl sites for hydroxylation is 1. The number of anilines is 1. The quantitative estimate of drug-likeness (QED) is 0.398. The van der Waals surface area contributed by atoms with E-state index < -0.39 is 10.8 Å². The highest BCUT2D eigenvalue weighted by Gasteiger charge is 2.15. The fourth-order valence-electron chi connectivity index (χ4n) is 2.77. The molecule has 0 aliphatic carbocycles. The van der Waals surface area contributed by atoms with Crippen molar-refractivity contribution in [2.45, 2.75) is 6.92 Å². The lowest BCUT2D eigenvalue weighted by Crippen LogP contribution is -2.12. The van der Waals surface area contributed by atoms with E-state index in [1.807, 2.05) is 30.3 Å². The maximum Gasteiger partial charge on any atom is 0.273 e. The van der Waals surface area contributed by atoms with Crippen molar-refractivity contribution in [2.75, 3.05) is 5.32 Å². The second-order valence-corrected chi connectivity index (χ2v) is 7.12. The Labute approximate surface area is 163 Å². The Kier molecular flexibility index (Phi) is 4.54. The summed E-state index contributed by atoms with van der Waals surface area (Å²) in [6, 6.07) is 15.5. The van der Waals surface area contributed by atoms with Gasteiger partial charge >= 0.3 is 0 Å². The minimum atomic E-state index is -0.492. The lowest BCUT2D eigenvalue weighted by atomic mass is 10.1. The first-order valence-electron chi connectivity index (χ1n) is 8.39. The number of amides is 1. The summed E-state index contributed by atoms with van der Waals surface area (Å²) >= 11 is 1.47. The van der Waals surface area contributed by atoms with E-state index in [4.69, 9.17) is 0 Å². The van der Waals surface area contributed by atoms with Crippen molar-refractivity contribution < 1.29 is 9.72 Å². The van der Waals surface area contributed by atoms with Gasteiger partial charge in [0.2, 0.25) is 0 Å². The van der Waals surface area contributed by atoms with Crippen LogP contribution in [-0.4, -0.2) is 20.8 Å². The van der Waals surface area contributed by atoms with Gasteiger partial charge in [0.1, 0.15) is 15.4 Å². The van der Waals surface area contributed by atoms with E-state index in [9.17, 15) is 14.9 Å². The topological polar surface area (TPSA) is 98.0 Å². The van der Waals surface area contributed by atoms with Crippen LogP contribution in [0.3, 0.4) is 0 Å². The van der Waals surface area contributed by atoms with Gasteiger partial charge in [0.05, 0.1) is 4.92 Å². The molecule has 28 heavy (non-hydrogen) atoms. The first-order chi connectivity index (χ1) is 13.5. The summed E-state index contributed by atoms with van der Waals surface area (Å²) in [5.41, 5.74) is 2.92. The van der Waals surface area contributed by atoms with Gasteiger partial charge in [-0.15, -0.1) is 0 Å². The Morgan fingerprint density at radius 1 is 1.14 bits per heavy atom. The number of benzene rings is 2. The Morgan fingerprint density at radius 3 is 2.79 bits per heavy atom. The first kappa shape index (κ1) is 17.7. The second kappa shape index (κ2) is 7.16. The summed E-state index contributed by atoms with van der Waals surface area (Å²) in [5.74, 6) is -0.411. The Morgan fingerprint density at radius 2 is 2.00 bits per heavy atom. The average Bonchev–Trinajstić information content (AvgIpc) is 3.12. The normalized spacial score (nSPS) is 10.8. The van der Waals surface area contributed by atoms with Crippen molar-refractivity contribution in [3.63, 3.8) is 0 Å². The smallest absolute Gasteiger partial charge is 0.273 e. The van der Waals surface area contributed by atoms with Gasteiger partial charge in [0, 0.05) is 34.6 Å².